The van der Waals surface area contributed by atoms with Crippen molar-refractivity contribution in [2.45, 2.75) is 104 Å². The third-order valence-corrected chi connectivity index (χ3v) is 4.73. The van der Waals surface area contributed by atoms with Gasteiger partial charge in [-0.15, -0.1) is 0 Å². The van der Waals surface area contributed by atoms with Crippen molar-refractivity contribution in [3.8, 4) is 0 Å². The normalized spacial score (nSPS) is 16.5. The Hall–Kier alpha value is -4.28. The molecule has 8 unspecified atom stereocenters. The first-order valence-corrected chi connectivity index (χ1v) is 12.1. The average molecular weight is 595 g/mol. The summed E-state index contributed by atoms with van der Waals surface area (Å²) in [4.78, 5) is 94.5. The predicted octanol–water partition coefficient (Wildman–Crippen LogP) is -1.03. The number of esters is 7. The molecule has 0 aromatic rings. The number of carboxylic acid groups (broad SMARTS) is 1. The molecule has 0 heterocycles. The van der Waals surface area contributed by atoms with Gasteiger partial charge in [-0.3, -0.25) is 0 Å². The van der Waals surface area contributed by atoms with Crippen LogP contribution >= 0.6 is 0 Å². The number of carbonyl (C=O) groups is 8. The highest BCUT2D eigenvalue weighted by molar-refractivity contribution is 5.87. The Morgan fingerprint density at radius 3 is 0.707 bits per heavy atom. The van der Waals surface area contributed by atoms with Crippen molar-refractivity contribution >= 4 is 47.8 Å². The molecule has 8 atom stereocenters. The highest BCUT2D eigenvalue weighted by Crippen LogP contribution is 2.09. The molecule has 0 aliphatic rings. The minimum Gasteiger partial charge on any atom is -0.479 e. The summed E-state index contributed by atoms with van der Waals surface area (Å²) in [6, 6.07) is 0. The monoisotopic (exact) mass is 594 g/mol. The van der Waals surface area contributed by atoms with E-state index in [4.69, 9.17) is 33.9 Å². The van der Waals surface area contributed by atoms with E-state index in [1.165, 1.54) is 0 Å². The smallest absolute Gasteiger partial charge is 0.347 e. The Bertz CT molecular complexity index is 1000. The van der Waals surface area contributed by atoms with Crippen molar-refractivity contribution in [3.05, 3.63) is 0 Å². The molecule has 17 nitrogen and oxygen atoms in total. The molecule has 0 aromatic carbocycles. The zero-order valence-electron chi connectivity index (χ0n) is 23.6. The van der Waals surface area contributed by atoms with Crippen LogP contribution in [-0.4, -0.2) is 107 Å². The Kier molecular flexibility index (Phi) is 15.0. The SMILES string of the molecule is CC(O)C(=O)OC(C)C(=O)OC(C)C(=O)OC(C)C(=O)OC(C)C(=O)OC(C)C(=O)OC(C)C(=O)OC(C)C(=O)O. The molecule has 0 aliphatic heterocycles. The van der Waals surface area contributed by atoms with E-state index in [0.29, 0.717) is 0 Å². The van der Waals surface area contributed by atoms with Gasteiger partial charge in [-0.25, -0.2) is 38.4 Å². The Morgan fingerprint density at radius 2 is 0.537 bits per heavy atom. The molecule has 0 amide bonds. The number of aliphatic hydroxyl groups is 1. The van der Waals surface area contributed by atoms with Crippen molar-refractivity contribution in [3.63, 3.8) is 0 Å². The van der Waals surface area contributed by atoms with Crippen molar-refractivity contribution in [1.82, 2.24) is 0 Å². The Morgan fingerprint density at radius 1 is 0.366 bits per heavy atom. The molecule has 0 fully saturated rings. The fourth-order valence-electron chi connectivity index (χ4n) is 2.23. The van der Waals surface area contributed by atoms with Gasteiger partial charge in [-0.1, -0.05) is 0 Å². The van der Waals surface area contributed by atoms with E-state index in [-0.39, 0.29) is 0 Å². The van der Waals surface area contributed by atoms with Gasteiger partial charge in [0.1, 0.15) is 6.10 Å². The summed E-state index contributed by atoms with van der Waals surface area (Å²) in [6.07, 6.45) is -12.3. The maximum absolute atomic E-state index is 12.2. The summed E-state index contributed by atoms with van der Waals surface area (Å²) in [5.41, 5.74) is 0. The van der Waals surface area contributed by atoms with Crippen LogP contribution in [0.5, 0.6) is 0 Å². The molecule has 0 saturated heterocycles. The first-order chi connectivity index (χ1) is 18.8. The summed E-state index contributed by atoms with van der Waals surface area (Å²) in [7, 11) is 0. The van der Waals surface area contributed by atoms with E-state index < -0.39 is 96.6 Å². The molecule has 0 radical (unpaired) electrons. The molecule has 0 rings (SSSR count). The third-order valence-electron chi connectivity index (χ3n) is 4.73. The molecule has 0 saturated carbocycles. The maximum Gasteiger partial charge on any atom is 0.347 e. The van der Waals surface area contributed by atoms with Gasteiger partial charge in [0.05, 0.1) is 0 Å². The van der Waals surface area contributed by atoms with E-state index in [2.05, 4.69) is 9.47 Å². The molecule has 0 aromatic heterocycles. The van der Waals surface area contributed by atoms with Crippen LogP contribution in [0.4, 0.5) is 0 Å². The van der Waals surface area contributed by atoms with Crippen LogP contribution in [0, 0.1) is 0 Å². The predicted molar refractivity (Wildman–Crippen MR) is 128 cm³/mol. The standard InChI is InChI=1S/C24H34O17/c1-9(25)18(28)36-11(3)20(30)38-13(5)22(32)40-15(7)24(34)41-16(8)23(33)39-14(6)21(31)37-12(4)19(29)35-10(2)17(26)27/h9-16,25H,1-8H3,(H,26,27). The number of aliphatic carboxylic acids is 1. The number of aliphatic hydroxyl groups excluding tert-OH is 1. The summed E-state index contributed by atoms with van der Waals surface area (Å²) < 4.78 is 33.3. The molecule has 232 valence electrons. The summed E-state index contributed by atoms with van der Waals surface area (Å²) in [5.74, 6) is -9.60. The van der Waals surface area contributed by atoms with E-state index in [9.17, 15) is 38.4 Å². The van der Waals surface area contributed by atoms with Crippen LogP contribution in [0.2, 0.25) is 0 Å². The van der Waals surface area contributed by atoms with Gasteiger partial charge in [-0.05, 0) is 55.4 Å². The first kappa shape index (κ1) is 36.7. The highest BCUT2D eigenvalue weighted by Gasteiger charge is 2.32. The van der Waals surface area contributed by atoms with Crippen LogP contribution in [0.3, 0.4) is 0 Å². The first-order valence-electron chi connectivity index (χ1n) is 12.1. The second-order valence-corrected chi connectivity index (χ2v) is 8.57. The molecular formula is C24H34O17. The lowest BCUT2D eigenvalue weighted by atomic mass is 10.3. The summed E-state index contributed by atoms with van der Waals surface area (Å²) >= 11 is 0. The summed E-state index contributed by atoms with van der Waals surface area (Å²) in [6.45, 7) is 8.81. The van der Waals surface area contributed by atoms with Gasteiger partial charge >= 0.3 is 47.8 Å². The number of hydrogen-bond donors (Lipinski definition) is 2. The maximum atomic E-state index is 12.2. The number of ether oxygens (including phenoxy) is 7. The van der Waals surface area contributed by atoms with Crippen molar-refractivity contribution < 1.29 is 81.7 Å². The number of hydrogen-bond acceptors (Lipinski definition) is 16. The van der Waals surface area contributed by atoms with Crippen LogP contribution in [0.15, 0.2) is 0 Å². The van der Waals surface area contributed by atoms with Crippen molar-refractivity contribution in [2.75, 3.05) is 0 Å². The minimum atomic E-state index is -1.60. The van der Waals surface area contributed by atoms with Gasteiger partial charge < -0.3 is 43.4 Å². The molecule has 41 heavy (non-hydrogen) atoms. The number of rotatable bonds is 15. The molecule has 0 spiro atoms. The fourth-order valence-corrected chi connectivity index (χ4v) is 2.23. The lowest BCUT2D eigenvalue weighted by Gasteiger charge is -2.21. The Labute approximate surface area is 234 Å². The van der Waals surface area contributed by atoms with E-state index >= 15 is 0 Å². The van der Waals surface area contributed by atoms with Gasteiger partial charge in [0.2, 0.25) is 0 Å². The van der Waals surface area contributed by atoms with Gasteiger partial charge in [0.15, 0.2) is 42.7 Å². The lowest BCUT2D eigenvalue weighted by Crippen LogP contribution is -2.39. The minimum absolute atomic E-state index is 1.08. The van der Waals surface area contributed by atoms with Crippen molar-refractivity contribution in [2.24, 2.45) is 0 Å². The van der Waals surface area contributed by atoms with Crippen LogP contribution < -0.4 is 0 Å². The average Bonchev–Trinajstić information content (AvgIpc) is 2.87. The van der Waals surface area contributed by atoms with Gasteiger partial charge in [0.25, 0.3) is 0 Å². The van der Waals surface area contributed by atoms with Crippen LogP contribution in [0.1, 0.15) is 55.4 Å². The van der Waals surface area contributed by atoms with Crippen molar-refractivity contribution in [1.29, 1.82) is 0 Å². The van der Waals surface area contributed by atoms with E-state index in [1.54, 1.807) is 0 Å². The molecule has 2 N–H and O–H groups in total. The van der Waals surface area contributed by atoms with Crippen LogP contribution in [0.25, 0.3) is 0 Å². The topological polar surface area (TPSA) is 242 Å². The van der Waals surface area contributed by atoms with Gasteiger partial charge in [-0.2, -0.15) is 0 Å². The van der Waals surface area contributed by atoms with Crippen LogP contribution in [-0.2, 0) is 71.5 Å². The zero-order chi connectivity index (χ0) is 32.2. The number of carbonyl (C=O) groups excluding carboxylic acids is 7. The third kappa shape index (κ3) is 13.1. The quantitative estimate of drug-likeness (QED) is 0.170. The van der Waals surface area contributed by atoms with E-state index in [0.717, 1.165) is 55.4 Å². The van der Waals surface area contributed by atoms with Gasteiger partial charge in [0, 0.05) is 0 Å². The molecular weight excluding hydrogens is 560 g/mol. The molecule has 17 heteroatoms. The highest BCUT2D eigenvalue weighted by atomic mass is 16.7. The number of carboxylic acids is 1. The second kappa shape index (κ2) is 16.7. The summed E-state index contributed by atoms with van der Waals surface area (Å²) in [5, 5.41) is 17.8. The molecule has 0 bridgehead atoms. The Balaban J connectivity index is 4.77. The molecule has 0 aliphatic carbocycles. The second-order valence-electron chi connectivity index (χ2n) is 8.57. The zero-order valence-corrected chi connectivity index (χ0v) is 23.6. The largest absolute Gasteiger partial charge is 0.479 e. The fraction of sp³-hybridized carbons (Fsp3) is 0.667. The van der Waals surface area contributed by atoms with E-state index in [1.807, 2.05) is 0 Å². The lowest BCUT2D eigenvalue weighted by molar-refractivity contribution is -0.188.